The molecule has 5 heteroatoms. The van der Waals surface area contributed by atoms with Crippen molar-refractivity contribution in [2.24, 2.45) is 5.73 Å². The molecule has 0 aromatic carbocycles. The Labute approximate surface area is 62.5 Å². The maximum Gasteiger partial charge on any atom is 0.405 e. The van der Waals surface area contributed by atoms with Gasteiger partial charge in [-0.2, -0.15) is 13.2 Å². The normalized spacial score (nSPS) is 21.8. The van der Waals surface area contributed by atoms with Crippen LogP contribution in [0.3, 0.4) is 0 Å². The first kappa shape index (κ1) is 8.80. The van der Waals surface area contributed by atoms with Crippen LogP contribution in [0.2, 0.25) is 0 Å². The van der Waals surface area contributed by atoms with Crippen LogP contribution in [0.4, 0.5) is 13.2 Å². The molecule has 1 rings (SSSR count). The summed E-state index contributed by atoms with van der Waals surface area (Å²) in [4.78, 5) is 0. The summed E-state index contributed by atoms with van der Waals surface area (Å²) in [5, 5.41) is 0. The van der Waals surface area contributed by atoms with Crippen LogP contribution in [0.25, 0.3) is 0 Å². The zero-order valence-electron chi connectivity index (χ0n) is 5.90. The summed E-state index contributed by atoms with van der Waals surface area (Å²) < 4.78 is 39.9. The van der Waals surface area contributed by atoms with Crippen LogP contribution in [0.15, 0.2) is 0 Å². The molecule has 0 spiro atoms. The van der Waals surface area contributed by atoms with Gasteiger partial charge in [0.2, 0.25) is 0 Å². The first-order valence-electron chi connectivity index (χ1n) is 3.44. The van der Waals surface area contributed by atoms with E-state index >= 15 is 0 Å². The molecular formula is C6H10F3NO. The minimum Gasteiger partial charge on any atom is -0.376 e. The third-order valence-corrected chi connectivity index (χ3v) is 1.46. The van der Waals surface area contributed by atoms with Gasteiger partial charge in [-0.15, -0.1) is 0 Å². The average molecular weight is 169 g/mol. The smallest absolute Gasteiger partial charge is 0.376 e. The quantitative estimate of drug-likeness (QED) is 0.685. The van der Waals surface area contributed by atoms with Gasteiger partial charge in [0.15, 0.2) is 0 Å². The largest absolute Gasteiger partial charge is 0.405 e. The molecule has 0 heterocycles. The predicted molar refractivity (Wildman–Crippen MR) is 33.0 cm³/mol. The molecule has 0 bridgehead atoms. The van der Waals surface area contributed by atoms with E-state index in [9.17, 15) is 13.2 Å². The molecular weight excluding hydrogens is 159 g/mol. The van der Waals surface area contributed by atoms with E-state index < -0.39 is 18.8 Å². The van der Waals surface area contributed by atoms with Gasteiger partial charge in [0.25, 0.3) is 0 Å². The van der Waals surface area contributed by atoms with Gasteiger partial charge >= 0.3 is 6.18 Å². The summed E-state index contributed by atoms with van der Waals surface area (Å²) in [5.41, 5.74) is 4.78. The molecule has 1 aliphatic carbocycles. The molecule has 0 saturated heterocycles. The molecule has 0 radical (unpaired) electrons. The van der Waals surface area contributed by atoms with Crippen molar-refractivity contribution in [1.82, 2.24) is 0 Å². The Kier molecular flexibility index (Phi) is 2.39. The van der Waals surface area contributed by atoms with E-state index in [1.807, 2.05) is 0 Å². The molecule has 2 nitrogen and oxygen atoms in total. The van der Waals surface area contributed by atoms with Crippen LogP contribution in [0.5, 0.6) is 0 Å². The number of rotatable bonds is 3. The van der Waals surface area contributed by atoms with E-state index in [0.29, 0.717) is 0 Å². The number of ether oxygens (including phenoxy) is 1. The fraction of sp³-hybridized carbons (Fsp3) is 1.00. The summed E-state index contributed by atoms with van der Waals surface area (Å²) in [6.45, 7) is -0.409. The number of alkyl halides is 3. The topological polar surface area (TPSA) is 35.2 Å². The van der Waals surface area contributed by atoms with Crippen molar-refractivity contribution in [3.05, 3.63) is 0 Å². The second-order valence-corrected chi connectivity index (χ2v) is 2.68. The highest BCUT2D eigenvalue weighted by atomic mass is 19.4. The number of halogens is 3. The molecule has 0 aliphatic heterocycles. The Bertz CT molecular complexity index is 132. The average Bonchev–Trinajstić information content (AvgIpc) is 2.62. The van der Waals surface area contributed by atoms with Gasteiger partial charge in [-0.05, 0) is 12.8 Å². The van der Waals surface area contributed by atoms with Gasteiger partial charge in [-0.1, -0.05) is 0 Å². The van der Waals surface area contributed by atoms with Gasteiger partial charge in [0.1, 0.15) is 6.04 Å². The van der Waals surface area contributed by atoms with Gasteiger partial charge < -0.3 is 10.5 Å². The predicted octanol–water partition coefficient (Wildman–Crippen LogP) is 1.06. The third kappa shape index (κ3) is 3.07. The first-order chi connectivity index (χ1) is 5.00. The van der Waals surface area contributed by atoms with Crippen molar-refractivity contribution < 1.29 is 17.9 Å². The SMILES string of the molecule is N[C@@H](COC1CC1)C(F)(F)F. The number of nitrogens with two attached hydrogens (primary N) is 1. The molecule has 0 aromatic heterocycles. The second-order valence-electron chi connectivity index (χ2n) is 2.68. The molecule has 0 unspecified atom stereocenters. The summed E-state index contributed by atoms with van der Waals surface area (Å²) >= 11 is 0. The Morgan fingerprint density at radius 2 is 2.00 bits per heavy atom. The zero-order valence-corrected chi connectivity index (χ0v) is 5.90. The maximum atomic E-state index is 11.7. The number of hydrogen-bond acceptors (Lipinski definition) is 2. The minimum atomic E-state index is -4.32. The fourth-order valence-corrected chi connectivity index (χ4v) is 0.569. The van der Waals surface area contributed by atoms with Crippen molar-refractivity contribution in [3.8, 4) is 0 Å². The molecule has 0 aromatic rings. The lowest BCUT2D eigenvalue weighted by molar-refractivity contribution is -0.160. The van der Waals surface area contributed by atoms with Crippen molar-refractivity contribution in [3.63, 3.8) is 0 Å². The molecule has 1 aliphatic rings. The maximum absolute atomic E-state index is 11.7. The molecule has 11 heavy (non-hydrogen) atoms. The molecule has 66 valence electrons. The van der Waals surface area contributed by atoms with Crippen LogP contribution in [-0.4, -0.2) is 24.9 Å². The Balaban J connectivity index is 2.13. The fourth-order valence-electron chi connectivity index (χ4n) is 0.569. The van der Waals surface area contributed by atoms with Crippen LogP contribution in [-0.2, 0) is 4.74 Å². The second kappa shape index (κ2) is 2.98. The van der Waals surface area contributed by atoms with Crippen LogP contribution < -0.4 is 5.73 Å². The van der Waals surface area contributed by atoms with E-state index in [-0.39, 0.29) is 6.10 Å². The minimum absolute atomic E-state index is 0.0309. The standard InChI is InChI=1S/C6H10F3NO/c7-6(8,9)5(10)3-11-4-1-2-4/h4-5H,1-3,10H2/t5-/m0/s1. The lowest BCUT2D eigenvalue weighted by atomic mass is 10.3. The van der Waals surface area contributed by atoms with Gasteiger partial charge in [-0.25, -0.2) is 0 Å². The van der Waals surface area contributed by atoms with Crippen LogP contribution >= 0.6 is 0 Å². The molecule has 2 N–H and O–H groups in total. The lowest BCUT2D eigenvalue weighted by Gasteiger charge is -2.14. The highest BCUT2D eigenvalue weighted by molar-refractivity contribution is 4.76. The molecule has 0 amide bonds. The summed E-state index contributed by atoms with van der Waals surface area (Å²) in [7, 11) is 0. The van der Waals surface area contributed by atoms with E-state index in [2.05, 4.69) is 0 Å². The highest BCUT2D eigenvalue weighted by Gasteiger charge is 2.38. The zero-order chi connectivity index (χ0) is 8.48. The van der Waals surface area contributed by atoms with Gasteiger partial charge in [-0.3, -0.25) is 0 Å². The van der Waals surface area contributed by atoms with E-state index in [1.165, 1.54) is 0 Å². The number of hydrogen-bond donors (Lipinski definition) is 1. The Morgan fingerprint density at radius 3 is 2.36 bits per heavy atom. The van der Waals surface area contributed by atoms with Crippen LogP contribution in [0.1, 0.15) is 12.8 Å². The summed E-state index contributed by atoms with van der Waals surface area (Å²) in [6, 6.07) is -1.83. The van der Waals surface area contributed by atoms with Crippen molar-refractivity contribution >= 4 is 0 Å². The molecule has 1 fully saturated rings. The molecule has 1 atom stereocenters. The van der Waals surface area contributed by atoms with Crippen molar-refractivity contribution in [1.29, 1.82) is 0 Å². The Hall–Kier alpha value is -0.290. The van der Waals surface area contributed by atoms with Crippen molar-refractivity contribution in [2.45, 2.75) is 31.2 Å². The molecule has 1 saturated carbocycles. The monoisotopic (exact) mass is 169 g/mol. The Morgan fingerprint density at radius 1 is 1.45 bits per heavy atom. The van der Waals surface area contributed by atoms with Gasteiger partial charge in [0.05, 0.1) is 12.7 Å². The van der Waals surface area contributed by atoms with Crippen LogP contribution in [0, 0.1) is 0 Å². The lowest BCUT2D eigenvalue weighted by Crippen LogP contribution is -2.41. The van der Waals surface area contributed by atoms with Gasteiger partial charge in [0, 0.05) is 0 Å². The third-order valence-electron chi connectivity index (χ3n) is 1.46. The van der Waals surface area contributed by atoms with Crippen molar-refractivity contribution in [2.75, 3.05) is 6.61 Å². The highest BCUT2D eigenvalue weighted by Crippen LogP contribution is 2.25. The van der Waals surface area contributed by atoms with E-state index in [1.54, 1.807) is 0 Å². The summed E-state index contributed by atoms with van der Waals surface area (Å²) in [5.74, 6) is 0. The first-order valence-corrected chi connectivity index (χ1v) is 3.44. The van der Waals surface area contributed by atoms with E-state index in [0.717, 1.165) is 12.8 Å². The van der Waals surface area contributed by atoms with E-state index in [4.69, 9.17) is 10.5 Å². The summed E-state index contributed by atoms with van der Waals surface area (Å²) in [6.07, 6.45) is -2.56.